The molecule has 0 saturated carbocycles. The molecule has 0 spiro atoms. The molecule has 0 aliphatic heterocycles. The van der Waals surface area contributed by atoms with Crippen molar-refractivity contribution in [2.45, 2.75) is 37.2 Å². The zero-order valence-electron chi connectivity index (χ0n) is 20.4. The van der Waals surface area contributed by atoms with E-state index < -0.39 is 0 Å². The molecule has 0 bridgehead atoms. The Hall–Kier alpha value is -1.77. The molecule has 0 aliphatic carbocycles. The minimum absolute atomic E-state index is 0.134. The van der Waals surface area contributed by atoms with E-state index in [-0.39, 0.29) is 16.4 Å². The Bertz CT molecular complexity index is 912. The monoisotopic (exact) mass is 505 g/mol. The molecule has 1 aromatic carbocycles. The van der Waals surface area contributed by atoms with Crippen molar-refractivity contribution in [2.24, 2.45) is 0 Å². The first-order chi connectivity index (χ1) is 15.7. The summed E-state index contributed by atoms with van der Waals surface area (Å²) in [6.45, 7) is 4.30. The molecule has 5 nitrogen and oxygen atoms in total. The van der Waals surface area contributed by atoms with Gasteiger partial charge in [0, 0.05) is 57.9 Å². The van der Waals surface area contributed by atoms with Gasteiger partial charge in [0.2, 0.25) is 11.8 Å². The molecule has 2 amide bonds. The number of rotatable bonds is 12. The Labute approximate surface area is 211 Å². The number of aromatic nitrogens is 1. The van der Waals surface area contributed by atoms with Gasteiger partial charge in [-0.1, -0.05) is 38.1 Å². The molecule has 0 atom stereocenters. The van der Waals surface area contributed by atoms with Crippen molar-refractivity contribution in [1.82, 2.24) is 14.8 Å². The van der Waals surface area contributed by atoms with Crippen LogP contribution in [0.1, 0.15) is 59.0 Å². The zero-order valence-corrected chi connectivity index (χ0v) is 22.9. The predicted octanol–water partition coefficient (Wildman–Crippen LogP) is 5.86. The molecule has 0 fully saturated rings. The van der Waals surface area contributed by atoms with Gasteiger partial charge in [-0.2, -0.15) is 0 Å². The van der Waals surface area contributed by atoms with E-state index in [4.69, 9.17) is 0 Å². The first-order valence-corrected chi connectivity index (χ1v) is 14.0. The average Bonchev–Trinajstić information content (AvgIpc) is 3.26. The van der Waals surface area contributed by atoms with Gasteiger partial charge in [-0.25, -0.2) is 4.98 Å². The lowest BCUT2D eigenvalue weighted by Gasteiger charge is -2.18. The quantitative estimate of drug-likeness (QED) is 0.338. The van der Waals surface area contributed by atoms with Crippen LogP contribution in [0, 0.1) is 0 Å². The topological polar surface area (TPSA) is 53.5 Å². The van der Waals surface area contributed by atoms with E-state index >= 15 is 0 Å². The number of benzene rings is 1. The number of nitrogens with zero attached hydrogens (tertiary/aromatic N) is 3. The average molecular weight is 506 g/mol. The third kappa shape index (κ3) is 9.55. The Morgan fingerprint density at radius 3 is 2.12 bits per heavy atom. The second-order valence-electron chi connectivity index (χ2n) is 8.42. The minimum Gasteiger partial charge on any atom is -0.349 e. The van der Waals surface area contributed by atoms with Crippen molar-refractivity contribution in [3.05, 3.63) is 51.5 Å². The van der Waals surface area contributed by atoms with Crippen molar-refractivity contribution in [3.8, 4) is 0 Å². The van der Waals surface area contributed by atoms with Gasteiger partial charge in [-0.15, -0.1) is 34.9 Å². The van der Waals surface area contributed by atoms with E-state index in [1.54, 1.807) is 72.9 Å². The number of carbonyl (C=O) groups excluding carboxylic acids is 2. The summed E-state index contributed by atoms with van der Waals surface area (Å²) < 4.78 is 0.163. The third-order valence-electron chi connectivity index (χ3n) is 4.90. The standard InChI is InChI=1S/C25H35N3O2S3/c1-18(2)21-17-33-22(26-21)11-10-19-8-7-9-20(16-19)25(31-14-12-23(29)27(3)4)32-15-13-24(30)28(5)6/h7-11,16-18,25H,12-15H2,1-6H3. The van der Waals surface area contributed by atoms with Crippen molar-refractivity contribution in [1.29, 1.82) is 0 Å². The number of amides is 2. The Balaban J connectivity index is 2.10. The lowest BCUT2D eigenvalue weighted by Crippen LogP contribution is -2.22. The molecule has 0 aliphatic rings. The molecule has 0 saturated heterocycles. The Morgan fingerprint density at radius 2 is 1.61 bits per heavy atom. The molecule has 180 valence electrons. The van der Waals surface area contributed by atoms with E-state index in [1.165, 1.54) is 5.56 Å². The van der Waals surface area contributed by atoms with Crippen molar-refractivity contribution in [3.63, 3.8) is 0 Å². The maximum absolute atomic E-state index is 12.0. The SMILES string of the molecule is CC(C)c1csc(C=Cc2cccc(C(SCCC(=O)N(C)C)SCCC(=O)N(C)C)c2)n1. The van der Waals surface area contributed by atoms with Crippen LogP contribution in [0.15, 0.2) is 29.6 Å². The summed E-state index contributed by atoms with van der Waals surface area (Å²) in [5, 5.41) is 3.13. The summed E-state index contributed by atoms with van der Waals surface area (Å²) in [6.07, 6.45) is 5.18. The molecule has 33 heavy (non-hydrogen) atoms. The summed E-state index contributed by atoms with van der Waals surface area (Å²) in [4.78, 5) is 31.9. The van der Waals surface area contributed by atoms with Crippen LogP contribution in [-0.2, 0) is 9.59 Å². The summed E-state index contributed by atoms with van der Waals surface area (Å²) in [5.74, 6) is 2.19. The lowest BCUT2D eigenvalue weighted by molar-refractivity contribution is -0.128. The second-order valence-corrected chi connectivity index (χ2v) is 12.0. The highest BCUT2D eigenvalue weighted by Gasteiger charge is 2.16. The number of carbonyl (C=O) groups is 2. The lowest BCUT2D eigenvalue weighted by atomic mass is 10.1. The number of thioether (sulfide) groups is 2. The molecule has 1 aromatic heterocycles. The highest BCUT2D eigenvalue weighted by Crippen LogP contribution is 2.40. The van der Waals surface area contributed by atoms with Gasteiger partial charge >= 0.3 is 0 Å². The highest BCUT2D eigenvalue weighted by atomic mass is 32.2. The van der Waals surface area contributed by atoms with E-state index in [0.717, 1.165) is 27.8 Å². The molecule has 0 radical (unpaired) electrons. The number of thiazole rings is 1. The first kappa shape index (κ1) is 27.5. The van der Waals surface area contributed by atoms with Gasteiger partial charge in [0.15, 0.2) is 0 Å². The number of hydrogen-bond donors (Lipinski definition) is 0. The van der Waals surface area contributed by atoms with Gasteiger partial charge in [0.25, 0.3) is 0 Å². The van der Waals surface area contributed by atoms with E-state index in [2.05, 4.69) is 60.6 Å². The van der Waals surface area contributed by atoms with Crippen LogP contribution in [0.3, 0.4) is 0 Å². The van der Waals surface area contributed by atoms with Gasteiger partial charge in [-0.05, 0) is 29.2 Å². The predicted molar refractivity (Wildman–Crippen MR) is 146 cm³/mol. The molecule has 1 heterocycles. The van der Waals surface area contributed by atoms with Crippen LogP contribution in [0.2, 0.25) is 0 Å². The van der Waals surface area contributed by atoms with Crippen molar-refractivity contribution in [2.75, 3.05) is 39.7 Å². The molecule has 2 rings (SSSR count). The van der Waals surface area contributed by atoms with Gasteiger partial charge in [-0.3, -0.25) is 9.59 Å². The van der Waals surface area contributed by atoms with E-state index in [0.29, 0.717) is 18.8 Å². The molecule has 2 aromatic rings. The summed E-state index contributed by atoms with van der Waals surface area (Å²) in [7, 11) is 7.14. The summed E-state index contributed by atoms with van der Waals surface area (Å²) in [5.41, 5.74) is 3.44. The van der Waals surface area contributed by atoms with Crippen molar-refractivity contribution >= 4 is 58.8 Å². The maximum atomic E-state index is 12.0. The van der Waals surface area contributed by atoms with Gasteiger partial charge < -0.3 is 9.80 Å². The normalized spacial score (nSPS) is 11.5. The fraction of sp³-hybridized carbons (Fsp3) is 0.480. The van der Waals surface area contributed by atoms with Crippen LogP contribution < -0.4 is 0 Å². The fourth-order valence-corrected chi connectivity index (χ4v) is 6.34. The van der Waals surface area contributed by atoms with Crippen LogP contribution >= 0.6 is 34.9 Å². The Kier molecular flexibility index (Phi) is 11.5. The van der Waals surface area contributed by atoms with Crippen LogP contribution in [0.4, 0.5) is 0 Å². The summed E-state index contributed by atoms with van der Waals surface area (Å²) in [6, 6.07) is 8.48. The van der Waals surface area contributed by atoms with Crippen LogP contribution in [0.5, 0.6) is 0 Å². The third-order valence-corrected chi connectivity index (χ3v) is 8.57. The van der Waals surface area contributed by atoms with Crippen LogP contribution in [-0.4, -0.2) is 66.3 Å². The zero-order chi connectivity index (χ0) is 24.4. The first-order valence-electron chi connectivity index (χ1n) is 11.0. The molecule has 8 heteroatoms. The van der Waals surface area contributed by atoms with Crippen molar-refractivity contribution < 1.29 is 9.59 Å². The van der Waals surface area contributed by atoms with Gasteiger partial charge in [0.1, 0.15) is 5.01 Å². The highest BCUT2D eigenvalue weighted by molar-refractivity contribution is 8.16. The second kappa shape index (κ2) is 13.8. The largest absolute Gasteiger partial charge is 0.349 e. The van der Waals surface area contributed by atoms with Gasteiger partial charge in [0.05, 0.1) is 10.3 Å². The molecular formula is C25H35N3O2S3. The minimum atomic E-state index is 0.134. The molecule has 0 N–H and O–H groups in total. The van der Waals surface area contributed by atoms with E-state index in [9.17, 15) is 9.59 Å². The molecule has 0 unspecified atom stereocenters. The maximum Gasteiger partial charge on any atom is 0.222 e. The fourth-order valence-electron chi connectivity index (χ4n) is 2.81. The number of hydrogen-bond acceptors (Lipinski definition) is 6. The van der Waals surface area contributed by atoms with E-state index in [1.807, 2.05) is 0 Å². The smallest absolute Gasteiger partial charge is 0.222 e. The summed E-state index contributed by atoms with van der Waals surface area (Å²) >= 11 is 5.19. The Morgan fingerprint density at radius 1 is 1.00 bits per heavy atom. The molecular weight excluding hydrogens is 470 g/mol. The van der Waals surface area contributed by atoms with Crippen LogP contribution in [0.25, 0.3) is 12.2 Å².